The van der Waals surface area contributed by atoms with Gasteiger partial charge in [0, 0.05) is 0 Å². The van der Waals surface area contributed by atoms with Crippen LogP contribution in [0.4, 0.5) is 0 Å². The predicted octanol–water partition coefficient (Wildman–Crippen LogP) is 3.61. The molecule has 0 unspecified atom stereocenters. The standard InChI is InChI=1S/C15H20O3/c1-11(16)13-9-6-10-14(17-2)15(13)18-12-7-4-3-5-8-12/h6,9-10,12H,3-5,7-8H2,1-2H3. The highest BCUT2D eigenvalue weighted by Crippen LogP contribution is 2.34. The summed E-state index contributed by atoms with van der Waals surface area (Å²) >= 11 is 0. The Bertz CT molecular complexity index is 420. The van der Waals surface area contributed by atoms with Crippen molar-refractivity contribution in [2.45, 2.75) is 45.1 Å². The first kappa shape index (κ1) is 12.9. The van der Waals surface area contributed by atoms with Crippen LogP contribution >= 0.6 is 0 Å². The van der Waals surface area contributed by atoms with E-state index < -0.39 is 0 Å². The van der Waals surface area contributed by atoms with Crippen molar-refractivity contribution in [2.24, 2.45) is 0 Å². The average molecular weight is 248 g/mol. The number of hydrogen-bond donors (Lipinski definition) is 0. The highest BCUT2D eigenvalue weighted by atomic mass is 16.5. The van der Waals surface area contributed by atoms with Crippen molar-refractivity contribution in [3.05, 3.63) is 23.8 Å². The molecule has 0 radical (unpaired) electrons. The third-order valence-electron chi connectivity index (χ3n) is 3.41. The van der Waals surface area contributed by atoms with Gasteiger partial charge < -0.3 is 9.47 Å². The predicted molar refractivity (Wildman–Crippen MR) is 70.5 cm³/mol. The molecule has 0 aromatic heterocycles. The number of rotatable bonds is 4. The maximum Gasteiger partial charge on any atom is 0.172 e. The van der Waals surface area contributed by atoms with Gasteiger partial charge in [0.15, 0.2) is 17.3 Å². The lowest BCUT2D eigenvalue weighted by atomic mass is 9.97. The van der Waals surface area contributed by atoms with E-state index in [2.05, 4.69) is 0 Å². The van der Waals surface area contributed by atoms with E-state index >= 15 is 0 Å². The summed E-state index contributed by atoms with van der Waals surface area (Å²) in [5, 5.41) is 0. The van der Waals surface area contributed by atoms with E-state index in [1.54, 1.807) is 20.1 Å². The Balaban J connectivity index is 2.25. The Hall–Kier alpha value is -1.51. The summed E-state index contributed by atoms with van der Waals surface area (Å²) in [4.78, 5) is 11.6. The van der Waals surface area contributed by atoms with Crippen LogP contribution in [0.25, 0.3) is 0 Å². The van der Waals surface area contributed by atoms with Crippen molar-refractivity contribution in [3.8, 4) is 11.5 Å². The zero-order valence-electron chi connectivity index (χ0n) is 11.1. The molecule has 3 heteroatoms. The molecule has 18 heavy (non-hydrogen) atoms. The van der Waals surface area contributed by atoms with Gasteiger partial charge in [-0.15, -0.1) is 0 Å². The largest absolute Gasteiger partial charge is 0.493 e. The van der Waals surface area contributed by atoms with E-state index in [0.717, 1.165) is 12.8 Å². The van der Waals surface area contributed by atoms with Crippen molar-refractivity contribution < 1.29 is 14.3 Å². The fourth-order valence-corrected chi connectivity index (χ4v) is 2.43. The number of para-hydroxylation sites is 1. The molecule has 1 aliphatic rings. The molecule has 1 aromatic rings. The SMILES string of the molecule is COc1cccc(C(C)=O)c1OC1CCCCC1. The summed E-state index contributed by atoms with van der Waals surface area (Å²) in [6.07, 6.45) is 6.04. The second-order valence-corrected chi connectivity index (χ2v) is 4.77. The van der Waals surface area contributed by atoms with Gasteiger partial charge in [0.2, 0.25) is 0 Å². The fourth-order valence-electron chi connectivity index (χ4n) is 2.43. The normalized spacial score (nSPS) is 16.3. The van der Waals surface area contributed by atoms with Gasteiger partial charge in [-0.3, -0.25) is 4.79 Å². The van der Waals surface area contributed by atoms with E-state index in [1.807, 2.05) is 12.1 Å². The van der Waals surface area contributed by atoms with E-state index in [0.29, 0.717) is 17.1 Å². The minimum absolute atomic E-state index is 0.0136. The molecule has 0 amide bonds. The molecule has 0 spiro atoms. The minimum atomic E-state index is 0.0136. The van der Waals surface area contributed by atoms with Gasteiger partial charge in [0.25, 0.3) is 0 Å². The van der Waals surface area contributed by atoms with Gasteiger partial charge in [-0.2, -0.15) is 0 Å². The van der Waals surface area contributed by atoms with Crippen molar-refractivity contribution in [1.82, 2.24) is 0 Å². The van der Waals surface area contributed by atoms with Crippen LogP contribution in [-0.4, -0.2) is 19.0 Å². The van der Waals surface area contributed by atoms with Gasteiger partial charge in [0.05, 0.1) is 18.8 Å². The lowest BCUT2D eigenvalue weighted by Gasteiger charge is -2.25. The minimum Gasteiger partial charge on any atom is -0.493 e. The number of methoxy groups -OCH3 is 1. The number of ketones is 1. The summed E-state index contributed by atoms with van der Waals surface area (Å²) in [6.45, 7) is 1.56. The Morgan fingerprint density at radius 3 is 2.56 bits per heavy atom. The van der Waals surface area contributed by atoms with Gasteiger partial charge in [-0.1, -0.05) is 12.5 Å². The maximum atomic E-state index is 11.6. The van der Waals surface area contributed by atoms with E-state index in [9.17, 15) is 4.79 Å². The molecule has 0 saturated heterocycles. The zero-order chi connectivity index (χ0) is 13.0. The molecule has 1 aliphatic carbocycles. The zero-order valence-corrected chi connectivity index (χ0v) is 11.1. The van der Waals surface area contributed by atoms with E-state index in [1.165, 1.54) is 19.3 Å². The van der Waals surface area contributed by atoms with Crippen molar-refractivity contribution in [3.63, 3.8) is 0 Å². The quantitative estimate of drug-likeness (QED) is 0.763. The first-order valence-corrected chi connectivity index (χ1v) is 6.57. The van der Waals surface area contributed by atoms with Crippen LogP contribution in [0.1, 0.15) is 49.4 Å². The van der Waals surface area contributed by atoms with Crippen LogP contribution in [0.3, 0.4) is 0 Å². The van der Waals surface area contributed by atoms with Crippen LogP contribution in [0.5, 0.6) is 11.5 Å². The Labute approximate surface area is 108 Å². The Morgan fingerprint density at radius 1 is 1.22 bits per heavy atom. The second-order valence-electron chi connectivity index (χ2n) is 4.77. The summed E-state index contributed by atoms with van der Waals surface area (Å²) in [6, 6.07) is 5.46. The molecular weight excluding hydrogens is 228 g/mol. The van der Waals surface area contributed by atoms with Crippen molar-refractivity contribution in [1.29, 1.82) is 0 Å². The smallest absolute Gasteiger partial charge is 0.172 e. The number of carbonyl (C=O) groups is 1. The monoisotopic (exact) mass is 248 g/mol. The molecule has 0 N–H and O–H groups in total. The summed E-state index contributed by atoms with van der Waals surface area (Å²) in [7, 11) is 1.60. The van der Waals surface area contributed by atoms with Crippen LogP contribution in [0.15, 0.2) is 18.2 Å². The fraction of sp³-hybridized carbons (Fsp3) is 0.533. The van der Waals surface area contributed by atoms with Crippen molar-refractivity contribution >= 4 is 5.78 Å². The molecular formula is C15H20O3. The van der Waals surface area contributed by atoms with E-state index in [4.69, 9.17) is 9.47 Å². The lowest BCUT2D eigenvalue weighted by molar-refractivity contribution is 0.0998. The topological polar surface area (TPSA) is 35.5 Å². The average Bonchev–Trinajstić information content (AvgIpc) is 2.40. The molecule has 1 saturated carbocycles. The lowest BCUT2D eigenvalue weighted by Crippen LogP contribution is -2.21. The number of carbonyl (C=O) groups excluding carboxylic acids is 1. The first-order chi connectivity index (χ1) is 8.72. The second kappa shape index (κ2) is 5.89. The summed E-state index contributed by atoms with van der Waals surface area (Å²) in [5.41, 5.74) is 0.611. The number of Topliss-reactive ketones (excluding diaryl/α,β-unsaturated/α-hetero) is 1. The molecule has 1 aromatic carbocycles. The molecule has 98 valence electrons. The van der Waals surface area contributed by atoms with Gasteiger partial charge in [-0.05, 0) is 44.7 Å². The molecule has 0 bridgehead atoms. The van der Waals surface area contributed by atoms with Crippen LogP contribution < -0.4 is 9.47 Å². The van der Waals surface area contributed by atoms with E-state index in [-0.39, 0.29) is 11.9 Å². The van der Waals surface area contributed by atoms with Crippen LogP contribution in [0, 0.1) is 0 Å². The molecule has 0 atom stereocenters. The maximum absolute atomic E-state index is 11.6. The molecule has 1 fully saturated rings. The molecule has 2 rings (SSSR count). The first-order valence-electron chi connectivity index (χ1n) is 6.57. The molecule has 0 aliphatic heterocycles. The molecule has 0 heterocycles. The van der Waals surface area contributed by atoms with Crippen LogP contribution in [-0.2, 0) is 0 Å². The highest BCUT2D eigenvalue weighted by molar-refractivity contribution is 5.97. The summed E-state index contributed by atoms with van der Waals surface area (Å²) in [5.74, 6) is 1.27. The highest BCUT2D eigenvalue weighted by Gasteiger charge is 2.20. The molecule has 3 nitrogen and oxygen atoms in total. The third-order valence-corrected chi connectivity index (χ3v) is 3.41. The Kier molecular flexibility index (Phi) is 4.24. The summed E-state index contributed by atoms with van der Waals surface area (Å²) < 4.78 is 11.3. The van der Waals surface area contributed by atoms with Gasteiger partial charge in [-0.25, -0.2) is 0 Å². The van der Waals surface area contributed by atoms with Gasteiger partial charge in [0.1, 0.15) is 0 Å². The van der Waals surface area contributed by atoms with Gasteiger partial charge >= 0.3 is 0 Å². The Morgan fingerprint density at radius 2 is 1.94 bits per heavy atom. The number of hydrogen-bond acceptors (Lipinski definition) is 3. The van der Waals surface area contributed by atoms with Crippen molar-refractivity contribution in [2.75, 3.05) is 7.11 Å². The third kappa shape index (κ3) is 2.84. The van der Waals surface area contributed by atoms with Crippen LogP contribution in [0.2, 0.25) is 0 Å². The number of ether oxygens (including phenoxy) is 2. The number of benzene rings is 1.